The highest BCUT2D eigenvalue weighted by Crippen LogP contribution is 2.21. The first-order valence-electron chi connectivity index (χ1n) is 8.79. The van der Waals surface area contributed by atoms with Gasteiger partial charge in [0.2, 0.25) is 0 Å². The highest BCUT2D eigenvalue weighted by molar-refractivity contribution is 5.88. The molecule has 6 heteroatoms. The minimum Gasteiger partial charge on any atom is -0.507 e. The number of hydrazone groups is 1. The van der Waals surface area contributed by atoms with E-state index in [2.05, 4.69) is 22.4 Å². The fraction of sp³-hybridized carbons (Fsp3) is 0.238. The number of phenolic OH excluding ortho intramolecular Hbond substituents is 1. The van der Waals surface area contributed by atoms with Gasteiger partial charge < -0.3 is 15.2 Å². The number of nitrogens with zero attached hydrogens (tertiary/aromatic N) is 1. The Kier molecular flexibility index (Phi) is 7.43. The maximum Gasteiger partial charge on any atom is 0.262 e. The zero-order valence-electron chi connectivity index (χ0n) is 15.6. The van der Waals surface area contributed by atoms with E-state index < -0.39 is 6.04 Å². The average molecular weight is 367 g/mol. The lowest BCUT2D eigenvalue weighted by molar-refractivity contribution is -0.121. The zero-order valence-corrected chi connectivity index (χ0v) is 15.6. The van der Waals surface area contributed by atoms with Gasteiger partial charge >= 0.3 is 0 Å². The number of carbonyl (C=O) groups is 1. The third-order valence-electron chi connectivity index (χ3n) is 3.84. The molecule has 1 amide bonds. The summed E-state index contributed by atoms with van der Waals surface area (Å²) in [5.41, 5.74) is 4.56. The number of ether oxygens (including phenoxy) is 1. The first-order chi connectivity index (χ1) is 13.0. The molecule has 0 saturated carbocycles. The molecule has 2 rings (SSSR count). The highest BCUT2D eigenvalue weighted by atomic mass is 16.5. The van der Waals surface area contributed by atoms with Crippen LogP contribution in [0.2, 0.25) is 0 Å². The Balaban J connectivity index is 1.91. The van der Waals surface area contributed by atoms with Crippen molar-refractivity contribution in [3.63, 3.8) is 0 Å². The van der Waals surface area contributed by atoms with Gasteiger partial charge in [0.15, 0.2) is 0 Å². The molecule has 142 valence electrons. The van der Waals surface area contributed by atoms with E-state index in [1.165, 1.54) is 6.21 Å². The van der Waals surface area contributed by atoms with E-state index >= 15 is 0 Å². The van der Waals surface area contributed by atoms with Gasteiger partial charge in [0.1, 0.15) is 17.5 Å². The third kappa shape index (κ3) is 5.88. The Morgan fingerprint density at radius 1 is 1.30 bits per heavy atom. The Labute approximate surface area is 159 Å². The van der Waals surface area contributed by atoms with Crippen molar-refractivity contribution in [2.75, 3.05) is 11.9 Å². The molecule has 27 heavy (non-hydrogen) atoms. The lowest BCUT2D eigenvalue weighted by Gasteiger charge is -2.14. The molecule has 0 bridgehead atoms. The van der Waals surface area contributed by atoms with E-state index in [-0.39, 0.29) is 11.7 Å². The number of aromatic hydroxyl groups is 1. The van der Waals surface area contributed by atoms with Crippen molar-refractivity contribution in [1.82, 2.24) is 5.43 Å². The largest absolute Gasteiger partial charge is 0.507 e. The van der Waals surface area contributed by atoms with Crippen molar-refractivity contribution in [3.8, 4) is 11.5 Å². The van der Waals surface area contributed by atoms with Gasteiger partial charge in [-0.05, 0) is 56.2 Å². The summed E-state index contributed by atoms with van der Waals surface area (Å²) in [7, 11) is 0. The molecule has 2 aromatic rings. The molecule has 0 spiro atoms. The lowest BCUT2D eigenvalue weighted by Crippen LogP contribution is -2.34. The summed E-state index contributed by atoms with van der Waals surface area (Å²) in [5, 5.41) is 17.2. The number of allylic oxidation sites excluding steroid dienone is 1. The van der Waals surface area contributed by atoms with Crippen LogP contribution >= 0.6 is 0 Å². The topological polar surface area (TPSA) is 83.0 Å². The minimum absolute atomic E-state index is 0.135. The van der Waals surface area contributed by atoms with Gasteiger partial charge in [0.05, 0.1) is 12.8 Å². The fourth-order valence-corrected chi connectivity index (χ4v) is 2.43. The van der Waals surface area contributed by atoms with Crippen molar-refractivity contribution < 1.29 is 14.6 Å². The molecule has 0 heterocycles. The zero-order chi connectivity index (χ0) is 19.6. The van der Waals surface area contributed by atoms with Gasteiger partial charge in [-0.1, -0.05) is 18.2 Å². The van der Waals surface area contributed by atoms with E-state index in [4.69, 9.17) is 4.74 Å². The van der Waals surface area contributed by atoms with Gasteiger partial charge in [-0.15, -0.1) is 6.58 Å². The molecule has 3 N–H and O–H groups in total. The van der Waals surface area contributed by atoms with E-state index in [1.807, 2.05) is 43.3 Å². The molecule has 0 aliphatic carbocycles. The Morgan fingerprint density at radius 2 is 2.04 bits per heavy atom. The average Bonchev–Trinajstić information content (AvgIpc) is 2.66. The standard InChI is InChI=1S/C21H25N3O3/c1-4-7-16-8-6-9-17(20(16)25)14-22-24-21(26)15(3)23-18-10-12-19(13-11-18)27-5-2/h4,6,8-15,23,25H,1,5,7H2,2-3H3,(H,24,26)/b22-14-/t15-/m1/s1. The number of carbonyl (C=O) groups excluding carboxylic acids is 1. The maximum absolute atomic E-state index is 12.2. The Hall–Kier alpha value is -3.28. The number of hydrogen-bond donors (Lipinski definition) is 3. The smallest absolute Gasteiger partial charge is 0.262 e. The molecular formula is C21H25N3O3. The molecule has 0 radical (unpaired) electrons. The quantitative estimate of drug-likeness (QED) is 0.360. The number of phenols is 1. The number of hydrogen-bond acceptors (Lipinski definition) is 5. The molecule has 0 fully saturated rings. The van der Waals surface area contributed by atoms with Crippen LogP contribution in [-0.2, 0) is 11.2 Å². The summed E-state index contributed by atoms with van der Waals surface area (Å²) in [6.45, 7) is 7.94. The van der Waals surface area contributed by atoms with Gasteiger partial charge in [-0.2, -0.15) is 5.10 Å². The molecule has 2 aromatic carbocycles. The molecule has 0 aromatic heterocycles. The second kappa shape index (κ2) is 10.0. The predicted octanol–water partition coefficient (Wildman–Crippen LogP) is 3.47. The molecule has 0 aliphatic rings. The summed E-state index contributed by atoms with van der Waals surface area (Å²) in [6, 6.07) is 12.2. The second-order valence-electron chi connectivity index (χ2n) is 5.91. The second-order valence-corrected chi connectivity index (χ2v) is 5.91. The van der Waals surface area contributed by atoms with E-state index in [9.17, 15) is 9.90 Å². The summed E-state index contributed by atoms with van der Waals surface area (Å²) in [4.78, 5) is 12.2. The van der Waals surface area contributed by atoms with Crippen LogP contribution in [0.1, 0.15) is 25.0 Å². The van der Waals surface area contributed by atoms with Crippen LogP contribution in [0.15, 0.2) is 60.2 Å². The number of rotatable bonds is 9. The highest BCUT2D eigenvalue weighted by Gasteiger charge is 2.12. The van der Waals surface area contributed by atoms with Crippen molar-refractivity contribution in [2.24, 2.45) is 5.10 Å². The maximum atomic E-state index is 12.2. The van der Waals surface area contributed by atoms with Crippen LogP contribution in [0.5, 0.6) is 11.5 Å². The number of anilines is 1. The Bertz CT molecular complexity index is 801. The van der Waals surface area contributed by atoms with E-state index in [1.54, 1.807) is 19.1 Å². The Morgan fingerprint density at radius 3 is 2.70 bits per heavy atom. The van der Waals surface area contributed by atoms with Crippen LogP contribution in [0.4, 0.5) is 5.69 Å². The number of benzene rings is 2. The fourth-order valence-electron chi connectivity index (χ4n) is 2.43. The van der Waals surface area contributed by atoms with E-state index in [0.29, 0.717) is 18.6 Å². The van der Waals surface area contributed by atoms with Crippen molar-refractivity contribution >= 4 is 17.8 Å². The van der Waals surface area contributed by atoms with Crippen LogP contribution in [0.25, 0.3) is 0 Å². The van der Waals surface area contributed by atoms with Crippen molar-refractivity contribution in [1.29, 1.82) is 0 Å². The summed E-state index contributed by atoms with van der Waals surface area (Å²) < 4.78 is 5.39. The summed E-state index contributed by atoms with van der Waals surface area (Å²) in [6.07, 6.45) is 3.69. The van der Waals surface area contributed by atoms with Crippen LogP contribution < -0.4 is 15.5 Å². The third-order valence-corrected chi connectivity index (χ3v) is 3.84. The van der Waals surface area contributed by atoms with Gasteiger partial charge in [0, 0.05) is 11.3 Å². The summed E-state index contributed by atoms with van der Waals surface area (Å²) >= 11 is 0. The first kappa shape index (κ1) is 20.0. The number of nitrogens with one attached hydrogen (secondary N) is 2. The number of para-hydroxylation sites is 1. The molecule has 1 atom stereocenters. The van der Waals surface area contributed by atoms with Crippen LogP contribution in [-0.4, -0.2) is 29.9 Å². The minimum atomic E-state index is -0.485. The SMILES string of the molecule is C=CCc1cccc(/C=N\NC(=O)[C@@H](C)Nc2ccc(OCC)cc2)c1O. The molecule has 0 unspecified atom stereocenters. The van der Waals surface area contributed by atoms with Crippen LogP contribution in [0.3, 0.4) is 0 Å². The van der Waals surface area contributed by atoms with Crippen LogP contribution in [0, 0.1) is 0 Å². The van der Waals surface area contributed by atoms with E-state index in [0.717, 1.165) is 17.0 Å². The van der Waals surface area contributed by atoms with Gasteiger partial charge in [-0.3, -0.25) is 4.79 Å². The molecule has 6 nitrogen and oxygen atoms in total. The monoisotopic (exact) mass is 367 g/mol. The molecule has 0 aliphatic heterocycles. The van der Waals surface area contributed by atoms with Crippen molar-refractivity contribution in [3.05, 3.63) is 66.2 Å². The predicted molar refractivity (Wildman–Crippen MR) is 108 cm³/mol. The van der Waals surface area contributed by atoms with Gasteiger partial charge in [0.25, 0.3) is 5.91 Å². The lowest BCUT2D eigenvalue weighted by atomic mass is 10.1. The molecular weight excluding hydrogens is 342 g/mol. The summed E-state index contributed by atoms with van der Waals surface area (Å²) in [5.74, 6) is 0.626. The van der Waals surface area contributed by atoms with Gasteiger partial charge in [-0.25, -0.2) is 5.43 Å². The number of amides is 1. The first-order valence-corrected chi connectivity index (χ1v) is 8.79. The normalized spacial score (nSPS) is 11.8. The van der Waals surface area contributed by atoms with Crippen molar-refractivity contribution in [2.45, 2.75) is 26.3 Å². The molecule has 0 saturated heterocycles.